The van der Waals surface area contributed by atoms with Gasteiger partial charge in [-0.15, -0.1) is 0 Å². The summed E-state index contributed by atoms with van der Waals surface area (Å²) in [7, 11) is 0. The molecule has 0 saturated carbocycles. The van der Waals surface area contributed by atoms with Crippen LogP contribution in [0.3, 0.4) is 0 Å². The Hall–Kier alpha value is -1.29. The van der Waals surface area contributed by atoms with E-state index in [2.05, 4.69) is 4.90 Å². The molecule has 1 aromatic carbocycles. The summed E-state index contributed by atoms with van der Waals surface area (Å²) in [4.78, 5) is 2.18. The molecule has 2 N–H and O–H groups in total. The van der Waals surface area contributed by atoms with Gasteiger partial charge in [-0.3, -0.25) is 0 Å². The minimum Gasteiger partial charge on any atom is -0.487 e. The van der Waals surface area contributed by atoms with E-state index in [1.54, 1.807) is 12.1 Å². The van der Waals surface area contributed by atoms with Crippen molar-refractivity contribution in [3.8, 4) is 5.75 Å². The second-order valence-electron chi connectivity index (χ2n) is 4.48. The molecule has 1 atom stereocenters. The molecule has 0 aliphatic carbocycles. The maximum Gasteiger partial charge on any atom is 0.143 e. The number of hydrogen-bond donors (Lipinski definition) is 1. The highest BCUT2D eigenvalue weighted by Gasteiger charge is 2.22. The average molecular weight is 238 g/mol. The van der Waals surface area contributed by atoms with Gasteiger partial charge in [0.1, 0.15) is 17.7 Å². The maximum atomic E-state index is 13.3. The molecule has 0 aromatic heterocycles. The van der Waals surface area contributed by atoms with Gasteiger partial charge >= 0.3 is 0 Å². The van der Waals surface area contributed by atoms with Crippen molar-refractivity contribution in [2.45, 2.75) is 25.9 Å². The van der Waals surface area contributed by atoms with Crippen LogP contribution in [-0.2, 0) is 0 Å². The number of fused-ring (bicyclic) bond motifs is 1. The summed E-state index contributed by atoms with van der Waals surface area (Å²) < 4.78 is 18.9. The fraction of sp³-hybridized carbons (Fsp3) is 0.538. The molecule has 17 heavy (non-hydrogen) atoms. The van der Waals surface area contributed by atoms with Gasteiger partial charge in [0.2, 0.25) is 0 Å². The molecule has 1 aliphatic heterocycles. The molecule has 1 aromatic rings. The van der Waals surface area contributed by atoms with Crippen molar-refractivity contribution in [1.82, 2.24) is 0 Å². The number of halogens is 1. The van der Waals surface area contributed by atoms with Crippen LogP contribution >= 0.6 is 0 Å². The minimum atomic E-state index is -0.217. The quantitative estimate of drug-likeness (QED) is 0.817. The average Bonchev–Trinajstić information content (AvgIpc) is 2.30. The largest absolute Gasteiger partial charge is 0.487 e. The van der Waals surface area contributed by atoms with Crippen molar-refractivity contribution in [2.75, 3.05) is 24.5 Å². The Kier molecular flexibility index (Phi) is 3.84. The summed E-state index contributed by atoms with van der Waals surface area (Å²) in [5.74, 6) is 0.559. The van der Waals surface area contributed by atoms with Crippen molar-refractivity contribution < 1.29 is 9.13 Å². The van der Waals surface area contributed by atoms with Crippen molar-refractivity contribution in [3.05, 3.63) is 24.0 Å². The lowest BCUT2D eigenvalue weighted by molar-refractivity contribution is 0.212. The molecule has 1 heterocycles. The van der Waals surface area contributed by atoms with Crippen LogP contribution in [0.5, 0.6) is 5.75 Å². The predicted octanol–water partition coefficient (Wildman–Crippen LogP) is 2.15. The third kappa shape index (κ3) is 2.88. The van der Waals surface area contributed by atoms with Gasteiger partial charge in [-0.25, -0.2) is 4.39 Å². The predicted molar refractivity (Wildman–Crippen MR) is 67.0 cm³/mol. The highest BCUT2D eigenvalue weighted by molar-refractivity contribution is 5.60. The molecule has 0 saturated heterocycles. The molecule has 94 valence electrons. The van der Waals surface area contributed by atoms with Crippen molar-refractivity contribution >= 4 is 5.69 Å². The van der Waals surface area contributed by atoms with E-state index in [9.17, 15) is 4.39 Å². The number of benzene rings is 1. The van der Waals surface area contributed by atoms with Gasteiger partial charge in [0.05, 0.1) is 12.2 Å². The van der Waals surface area contributed by atoms with Gasteiger partial charge in [-0.1, -0.05) is 0 Å². The Bertz CT molecular complexity index is 384. The number of anilines is 1. The molecule has 4 heteroatoms. The first kappa shape index (κ1) is 12.2. The minimum absolute atomic E-state index is 0.144. The standard InChI is InChI=1S/C13H19FN2O/c1-10-9-16(7-3-2-6-15)12-8-11(14)4-5-13(12)17-10/h4-5,8,10H,2-3,6-7,9,15H2,1H3. The van der Waals surface area contributed by atoms with Gasteiger partial charge in [0.15, 0.2) is 0 Å². The third-order valence-corrected chi connectivity index (χ3v) is 2.95. The molecular weight excluding hydrogens is 219 g/mol. The summed E-state index contributed by atoms with van der Waals surface area (Å²) in [5, 5.41) is 0. The first-order valence-corrected chi connectivity index (χ1v) is 6.12. The van der Waals surface area contributed by atoms with Crippen LogP contribution in [0.1, 0.15) is 19.8 Å². The van der Waals surface area contributed by atoms with Crippen LogP contribution in [0.2, 0.25) is 0 Å². The van der Waals surface area contributed by atoms with Crippen molar-refractivity contribution in [3.63, 3.8) is 0 Å². The Morgan fingerprint density at radius 2 is 2.29 bits per heavy atom. The lowest BCUT2D eigenvalue weighted by atomic mass is 10.1. The van der Waals surface area contributed by atoms with E-state index < -0.39 is 0 Å². The van der Waals surface area contributed by atoms with E-state index in [4.69, 9.17) is 10.5 Å². The summed E-state index contributed by atoms with van der Waals surface area (Å²) >= 11 is 0. The number of nitrogens with two attached hydrogens (primary N) is 1. The smallest absolute Gasteiger partial charge is 0.143 e. The first-order valence-electron chi connectivity index (χ1n) is 6.12. The van der Waals surface area contributed by atoms with Gasteiger partial charge in [0.25, 0.3) is 0 Å². The van der Waals surface area contributed by atoms with Crippen LogP contribution in [-0.4, -0.2) is 25.7 Å². The number of unbranched alkanes of at least 4 members (excludes halogenated alkanes) is 1. The Labute approximate surface area is 101 Å². The second-order valence-corrected chi connectivity index (χ2v) is 4.48. The molecule has 1 aliphatic rings. The zero-order chi connectivity index (χ0) is 12.3. The normalized spacial score (nSPS) is 18.8. The summed E-state index contributed by atoms with van der Waals surface area (Å²) in [6.45, 7) is 4.44. The molecule has 2 rings (SSSR count). The lowest BCUT2D eigenvalue weighted by Gasteiger charge is -2.35. The Balaban J connectivity index is 2.14. The third-order valence-electron chi connectivity index (χ3n) is 2.95. The van der Waals surface area contributed by atoms with E-state index in [0.717, 1.165) is 37.4 Å². The first-order chi connectivity index (χ1) is 8.20. The fourth-order valence-corrected chi connectivity index (χ4v) is 2.16. The van der Waals surface area contributed by atoms with Crippen LogP contribution in [0.25, 0.3) is 0 Å². The molecule has 0 fully saturated rings. The van der Waals surface area contributed by atoms with Crippen LogP contribution in [0, 0.1) is 5.82 Å². The molecule has 0 spiro atoms. The van der Waals surface area contributed by atoms with Crippen LogP contribution < -0.4 is 15.4 Å². The zero-order valence-corrected chi connectivity index (χ0v) is 10.2. The summed E-state index contributed by atoms with van der Waals surface area (Å²) in [6, 6.07) is 4.69. The lowest BCUT2D eigenvalue weighted by Crippen LogP contribution is -2.39. The SMILES string of the molecule is CC1CN(CCCCN)c2cc(F)ccc2O1. The van der Waals surface area contributed by atoms with E-state index in [-0.39, 0.29) is 11.9 Å². The van der Waals surface area contributed by atoms with Gasteiger partial charge in [-0.05, 0) is 38.4 Å². The molecule has 0 amide bonds. The van der Waals surface area contributed by atoms with Crippen LogP contribution in [0.4, 0.5) is 10.1 Å². The van der Waals surface area contributed by atoms with Gasteiger partial charge < -0.3 is 15.4 Å². The zero-order valence-electron chi connectivity index (χ0n) is 10.2. The topological polar surface area (TPSA) is 38.5 Å². The summed E-state index contributed by atoms with van der Waals surface area (Å²) in [5.41, 5.74) is 6.35. The number of rotatable bonds is 4. The van der Waals surface area contributed by atoms with Gasteiger partial charge in [-0.2, -0.15) is 0 Å². The Morgan fingerprint density at radius 3 is 3.06 bits per heavy atom. The maximum absolute atomic E-state index is 13.3. The number of ether oxygens (including phenoxy) is 1. The molecular formula is C13H19FN2O. The summed E-state index contributed by atoms with van der Waals surface area (Å²) in [6.07, 6.45) is 2.17. The van der Waals surface area contributed by atoms with Crippen LogP contribution in [0.15, 0.2) is 18.2 Å². The van der Waals surface area contributed by atoms with E-state index >= 15 is 0 Å². The monoisotopic (exact) mass is 238 g/mol. The second kappa shape index (κ2) is 5.36. The van der Waals surface area contributed by atoms with Crippen molar-refractivity contribution in [2.24, 2.45) is 5.73 Å². The van der Waals surface area contributed by atoms with E-state index in [1.165, 1.54) is 6.07 Å². The van der Waals surface area contributed by atoms with E-state index in [0.29, 0.717) is 6.54 Å². The highest BCUT2D eigenvalue weighted by atomic mass is 19.1. The van der Waals surface area contributed by atoms with Crippen molar-refractivity contribution in [1.29, 1.82) is 0 Å². The van der Waals surface area contributed by atoms with Gasteiger partial charge in [0, 0.05) is 12.6 Å². The number of hydrogen-bond acceptors (Lipinski definition) is 3. The number of nitrogens with zero attached hydrogens (tertiary/aromatic N) is 1. The fourth-order valence-electron chi connectivity index (χ4n) is 2.16. The highest BCUT2D eigenvalue weighted by Crippen LogP contribution is 2.33. The van der Waals surface area contributed by atoms with E-state index in [1.807, 2.05) is 6.92 Å². The Morgan fingerprint density at radius 1 is 1.47 bits per heavy atom. The molecule has 3 nitrogen and oxygen atoms in total. The molecule has 0 bridgehead atoms. The molecule has 1 unspecified atom stereocenters. The molecule has 0 radical (unpaired) electrons.